The molecule has 154 valence electrons. The van der Waals surface area contributed by atoms with Crippen LogP contribution in [0.25, 0.3) is 0 Å². The van der Waals surface area contributed by atoms with Crippen molar-refractivity contribution in [2.75, 3.05) is 10.0 Å². The highest BCUT2D eigenvalue weighted by Gasteiger charge is 2.16. The number of rotatable bonds is 6. The fourth-order valence-electron chi connectivity index (χ4n) is 2.54. The molecule has 0 unspecified atom stereocenters. The fraction of sp³-hybridized carbons (Fsp3) is 0. The van der Waals surface area contributed by atoms with Crippen molar-refractivity contribution in [3.8, 4) is 0 Å². The molecule has 1 amide bonds. The Morgan fingerprint density at radius 1 is 0.933 bits per heavy atom. The van der Waals surface area contributed by atoms with Gasteiger partial charge in [0.15, 0.2) is 0 Å². The number of hydrogen-bond donors (Lipinski definition) is 3. The molecule has 3 aromatic carbocycles. The van der Waals surface area contributed by atoms with Crippen molar-refractivity contribution < 1.29 is 27.5 Å². The van der Waals surface area contributed by atoms with E-state index in [0.717, 1.165) is 12.1 Å². The molecule has 0 radical (unpaired) electrons. The molecule has 10 heteroatoms. The lowest BCUT2D eigenvalue weighted by Crippen LogP contribution is -2.15. The van der Waals surface area contributed by atoms with Crippen LogP contribution in [0, 0.1) is 5.82 Å². The summed E-state index contributed by atoms with van der Waals surface area (Å²) in [5, 5.41) is 11.5. The normalized spacial score (nSPS) is 11.0. The minimum absolute atomic E-state index is 0.0427. The zero-order valence-electron chi connectivity index (χ0n) is 15.1. The van der Waals surface area contributed by atoms with E-state index >= 15 is 0 Å². The third-order valence-corrected chi connectivity index (χ3v) is 5.55. The van der Waals surface area contributed by atoms with Crippen LogP contribution in [0.5, 0.6) is 0 Å². The number of sulfonamides is 1. The number of carboxylic acids is 1. The molecule has 0 atom stereocenters. The molecule has 0 heterocycles. The summed E-state index contributed by atoms with van der Waals surface area (Å²) in [6.45, 7) is 0. The summed E-state index contributed by atoms with van der Waals surface area (Å²) in [5.41, 5.74) is -0.239. The topological polar surface area (TPSA) is 113 Å². The number of amides is 1. The molecule has 0 spiro atoms. The average Bonchev–Trinajstić information content (AvgIpc) is 2.67. The molecule has 3 rings (SSSR count). The van der Waals surface area contributed by atoms with Gasteiger partial charge in [-0.2, -0.15) is 0 Å². The number of halogens is 2. The summed E-state index contributed by atoms with van der Waals surface area (Å²) in [7, 11) is -3.93. The Kier molecular flexibility index (Phi) is 6.04. The number of benzene rings is 3. The lowest BCUT2D eigenvalue weighted by Gasteiger charge is -2.10. The smallest absolute Gasteiger partial charge is 0.338 e. The Bertz CT molecular complexity index is 1250. The maximum atomic E-state index is 13.8. The average molecular weight is 449 g/mol. The second-order valence-electron chi connectivity index (χ2n) is 6.10. The molecule has 3 aromatic rings. The maximum Gasteiger partial charge on any atom is 0.338 e. The lowest BCUT2D eigenvalue weighted by atomic mass is 10.1. The lowest BCUT2D eigenvalue weighted by molar-refractivity contribution is 0.0691. The predicted octanol–water partition coefficient (Wildman–Crippen LogP) is 4.23. The first-order valence-electron chi connectivity index (χ1n) is 8.38. The van der Waals surface area contributed by atoms with Crippen LogP contribution in [0.4, 0.5) is 15.8 Å². The number of aromatic carboxylic acids is 1. The monoisotopic (exact) mass is 448 g/mol. The minimum atomic E-state index is -3.93. The van der Waals surface area contributed by atoms with Gasteiger partial charge in [-0.25, -0.2) is 17.6 Å². The molecule has 0 saturated carbocycles. The molecule has 0 aliphatic heterocycles. The van der Waals surface area contributed by atoms with Crippen molar-refractivity contribution in [1.82, 2.24) is 0 Å². The van der Waals surface area contributed by atoms with Gasteiger partial charge in [0.1, 0.15) is 5.82 Å². The maximum absolute atomic E-state index is 13.8. The molecule has 0 aromatic heterocycles. The molecule has 0 saturated heterocycles. The molecule has 3 N–H and O–H groups in total. The van der Waals surface area contributed by atoms with E-state index in [2.05, 4.69) is 10.0 Å². The van der Waals surface area contributed by atoms with Crippen molar-refractivity contribution in [3.63, 3.8) is 0 Å². The molecule has 30 heavy (non-hydrogen) atoms. The fourth-order valence-corrected chi connectivity index (χ4v) is 3.89. The van der Waals surface area contributed by atoms with Crippen molar-refractivity contribution in [2.45, 2.75) is 4.90 Å². The van der Waals surface area contributed by atoms with E-state index < -0.39 is 33.3 Å². The Morgan fingerprint density at radius 3 is 2.33 bits per heavy atom. The summed E-state index contributed by atoms with van der Waals surface area (Å²) in [6, 6.07) is 14.5. The highest BCUT2D eigenvalue weighted by atomic mass is 35.5. The number of carboxylic acid groups (broad SMARTS) is 1. The van der Waals surface area contributed by atoms with Gasteiger partial charge in [-0.3, -0.25) is 9.52 Å². The Morgan fingerprint density at radius 2 is 1.67 bits per heavy atom. The zero-order valence-corrected chi connectivity index (χ0v) is 16.7. The van der Waals surface area contributed by atoms with E-state index in [1.165, 1.54) is 54.6 Å². The molecule has 0 fully saturated rings. The van der Waals surface area contributed by atoms with Gasteiger partial charge >= 0.3 is 5.97 Å². The van der Waals surface area contributed by atoms with Gasteiger partial charge in [-0.1, -0.05) is 23.7 Å². The summed E-state index contributed by atoms with van der Waals surface area (Å²) in [6.07, 6.45) is 0. The van der Waals surface area contributed by atoms with Gasteiger partial charge in [0.05, 0.1) is 10.5 Å². The Hall–Kier alpha value is -3.43. The standard InChI is InChI=1S/C20H14ClFN2O5S/c21-13-4-2-6-16(10-13)30(28,29)24-15-5-1-3-12(9-15)19(25)23-14-7-8-17(20(26)27)18(22)11-14/h1-11,24H,(H,23,25)(H,26,27). The van der Waals surface area contributed by atoms with Crippen LogP contribution in [0.2, 0.25) is 5.02 Å². The SMILES string of the molecule is O=C(Nc1ccc(C(=O)O)c(F)c1)c1cccc(NS(=O)(=O)c2cccc(Cl)c2)c1. The summed E-state index contributed by atoms with van der Waals surface area (Å²) in [4.78, 5) is 23.2. The Balaban J connectivity index is 1.79. The Labute approximate surface area is 176 Å². The van der Waals surface area contributed by atoms with Crippen LogP contribution in [0.15, 0.2) is 71.6 Å². The number of carbonyl (C=O) groups is 2. The van der Waals surface area contributed by atoms with Gasteiger partial charge in [0.2, 0.25) is 0 Å². The number of nitrogens with one attached hydrogen (secondary N) is 2. The van der Waals surface area contributed by atoms with Crippen LogP contribution in [0.1, 0.15) is 20.7 Å². The van der Waals surface area contributed by atoms with Crippen LogP contribution in [-0.4, -0.2) is 25.4 Å². The molecule has 0 bridgehead atoms. The van der Waals surface area contributed by atoms with Gasteiger partial charge in [0.25, 0.3) is 15.9 Å². The molecule has 0 aliphatic carbocycles. The van der Waals surface area contributed by atoms with Crippen molar-refractivity contribution in [1.29, 1.82) is 0 Å². The van der Waals surface area contributed by atoms with Crippen molar-refractivity contribution in [2.24, 2.45) is 0 Å². The first kappa shape index (κ1) is 21.3. The molecular formula is C20H14ClFN2O5S. The van der Waals surface area contributed by atoms with E-state index in [0.29, 0.717) is 0 Å². The van der Waals surface area contributed by atoms with E-state index in [9.17, 15) is 22.4 Å². The molecule has 7 nitrogen and oxygen atoms in total. The summed E-state index contributed by atoms with van der Waals surface area (Å²) >= 11 is 5.83. The molecular weight excluding hydrogens is 435 g/mol. The molecule has 0 aliphatic rings. The van der Waals surface area contributed by atoms with E-state index in [4.69, 9.17) is 16.7 Å². The van der Waals surface area contributed by atoms with E-state index in [-0.39, 0.29) is 26.9 Å². The largest absolute Gasteiger partial charge is 0.478 e. The quantitative estimate of drug-likeness (QED) is 0.522. The highest BCUT2D eigenvalue weighted by Crippen LogP contribution is 2.21. The third-order valence-electron chi connectivity index (χ3n) is 3.94. The second kappa shape index (κ2) is 8.52. The van der Waals surface area contributed by atoms with Gasteiger partial charge in [-0.15, -0.1) is 0 Å². The van der Waals surface area contributed by atoms with Gasteiger partial charge in [-0.05, 0) is 54.6 Å². The number of anilines is 2. The van der Waals surface area contributed by atoms with Crippen molar-refractivity contribution >= 4 is 44.9 Å². The zero-order chi connectivity index (χ0) is 21.9. The third kappa shape index (κ3) is 4.94. The number of carbonyl (C=O) groups excluding carboxylic acids is 1. The summed E-state index contributed by atoms with van der Waals surface area (Å²) < 4.78 is 41.1. The highest BCUT2D eigenvalue weighted by molar-refractivity contribution is 7.92. The second-order valence-corrected chi connectivity index (χ2v) is 8.22. The van der Waals surface area contributed by atoms with Gasteiger partial charge in [0, 0.05) is 22.0 Å². The van der Waals surface area contributed by atoms with Crippen LogP contribution < -0.4 is 10.0 Å². The van der Waals surface area contributed by atoms with Crippen LogP contribution in [0.3, 0.4) is 0 Å². The summed E-state index contributed by atoms with van der Waals surface area (Å²) in [5.74, 6) is -3.06. The first-order valence-corrected chi connectivity index (χ1v) is 10.2. The van der Waals surface area contributed by atoms with E-state index in [1.54, 1.807) is 0 Å². The van der Waals surface area contributed by atoms with Crippen molar-refractivity contribution in [3.05, 3.63) is 88.7 Å². The van der Waals surface area contributed by atoms with Crippen LogP contribution >= 0.6 is 11.6 Å². The van der Waals surface area contributed by atoms with Crippen LogP contribution in [-0.2, 0) is 10.0 Å². The number of hydrogen-bond acceptors (Lipinski definition) is 4. The van der Waals surface area contributed by atoms with E-state index in [1.807, 2.05) is 0 Å². The van der Waals surface area contributed by atoms with Gasteiger partial charge < -0.3 is 10.4 Å². The first-order chi connectivity index (χ1) is 14.2. The minimum Gasteiger partial charge on any atom is -0.478 e. The predicted molar refractivity (Wildman–Crippen MR) is 110 cm³/mol.